The predicted molar refractivity (Wildman–Crippen MR) is 150 cm³/mol. The lowest BCUT2D eigenvalue weighted by Gasteiger charge is -2.31. The van der Waals surface area contributed by atoms with Crippen molar-refractivity contribution >= 4 is 18.0 Å². The van der Waals surface area contributed by atoms with Gasteiger partial charge in [0.15, 0.2) is 0 Å². The number of carbonyl (C=O) groups excluding carboxylic acids is 2. The van der Waals surface area contributed by atoms with Crippen LogP contribution in [0.5, 0.6) is 0 Å². The van der Waals surface area contributed by atoms with E-state index in [0.717, 1.165) is 27.8 Å². The van der Waals surface area contributed by atoms with Gasteiger partial charge in [-0.3, -0.25) is 9.59 Å². The molecule has 4 rings (SSSR count). The fraction of sp³-hybridized carbons (Fsp3) is 0.344. The number of carboxylic acids is 1. The van der Waals surface area contributed by atoms with Gasteiger partial charge < -0.3 is 20.1 Å². The Bertz CT molecular complexity index is 1270. The number of aliphatic carboxylic acids is 1. The Labute approximate surface area is 229 Å². The van der Waals surface area contributed by atoms with Crippen molar-refractivity contribution in [3.8, 4) is 11.1 Å². The van der Waals surface area contributed by atoms with Gasteiger partial charge in [-0.1, -0.05) is 99.6 Å². The van der Waals surface area contributed by atoms with E-state index in [9.17, 15) is 19.5 Å². The Hall–Kier alpha value is -4.13. The van der Waals surface area contributed by atoms with Crippen LogP contribution in [0, 0.1) is 5.41 Å². The van der Waals surface area contributed by atoms with Crippen LogP contribution in [0.2, 0.25) is 0 Å². The second-order valence-corrected chi connectivity index (χ2v) is 11.2. The molecule has 2 N–H and O–H groups in total. The third-order valence-electron chi connectivity index (χ3n) is 6.87. The molecule has 0 aromatic heterocycles. The first-order chi connectivity index (χ1) is 18.6. The van der Waals surface area contributed by atoms with Crippen molar-refractivity contribution in [2.75, 3.05) is 13.2 Å². The molecule has 3 aromatic carbocycles. The van der Waals surface area contributed by atoms with Crippen LogP contribution in [0.1, 0.15) is 56.2 Å². The topological polar surface area (TPSA) is 95.9 Å². The first-order valence-electron chi connectivity index (χ1n) is 13.3. The number of hydrogen-bond donors (Lipinski definition) is 2. The second-order valence-electron chi connectivity index (χ2n) is 11.2. The summed E-state index contributed by atoms with van der Waals surface area (Å²) >= 11 is 0. The van der Waals surface area contributed by atoms with Crippen molar-refractivity contribution in [3.63, 3.8) is 0 Å². The van der Waals surface area contributed by atoms with E-state index in [0.29, 0.717) is 6.42 Å². The number of rotatable bonds is 10. The number of carboxylic acid groups (broad SMARTS) is 1. The molecule has 39 heavy (non-hydrogen) atoms. The number of carbonyl (C=O) groups is 3. The summed E-state index contributed by atoms with van der Waals surface area (Å²) in [7, 11) is 0. The Morgan fingerprint density at radius 3 is 2.03 bits per heavy atom. The number of hydrogen-bond acceptors (Lipinski definition) is 4. The first-order valence-corrected chi connectivity index (χ1v) is 13.3. The largest absolute Gasteiger partial charge is 0.481 e. The minimum Gasteiger partial charge on any atom is -0.481 e. The van der Waals surface area contributed by atoms with Gasteiger partial charge in [-0.2, -0.15) is 0 Å². The smallest absolute Gasteiger partial charge is 0.407 e. The summed E-state index contributed by atoms with van der Waals surface area (Å²) in [6.07, 6.45) is -0.488. The van der Waals surface area contributed by atoms with E-state index < -0.39 is 18.1 Å². The van der Waals surface area contributed by atoms with Gasteiger partial charge in [0.25, 0.3) is 0 Å². The molecule has 0 radical (unpaired) electrons. The summed E-state index contributed by atoms with van der Waals surface area (Å²) in [5.74, 6) is -1.41. The molecule has 0 saturated carbocycles. The molecule has 1 aliphatic rings. The van der Waals surface area contributed by atoms with Crippen LogP contribution >= 0.6 is 0 Å². The number of nitrogens with zero attached hydrogens (tertiary/aromatic N) is 1. The Balaban J connectivity index is 1.48. The third-order valence-corrected chi connectivity index (χ3v) is 6.87. The van der Waals surface area contributed by atoms with E-state index >= 15 is 0 Å². The summed E-state index contributed by atoms with van der Waals surface area (Å²) < 4.78 is 5.72. The fourth-order valence-corrected chi connectivity index (χ4v) is 5.12. The lowest BCUT2D eigenvalue weighted by molar-refractivity contribution is -0.139. The lowest BCUT2D eigenvalue weighted by Crippen LogP contribution is -2.50. The van der Waals surface area contributed by atoms with Crippen molar-refractivity contribution in [3.05, 3.63) is 95.6 Å². The van der Waals surface area contributed by atoms with Crippen LogP contribution in [0.3, 0.4) is 0 Å². The zero-order valence-electron chi connectivity index (χ0n) is 22.7. The van der Waals surface area contributed by atoms with Gasteiger partial charge in [0.05, 0.1) is 6.42 Å². The van der Waals surface area contributed by atoms with Crippen LogP contribution in [-0.4, -0.2) is 47.2 Å². The molecule has 1 unspecified atom stereocenters. The molecule has 0 bridgehead atoms. The molecule has 1 atom stereocenters. The van der Waals surface area contributed by atoms with Gasteiger partial charge >= 0.3 is 12.1 Å². The molecule has 0 aliphatic heterocycles. The molecule has 7 heteroatoms. The molecule has 1 aliphatic carbocycles. The number of benzene rings is 3. The quantitative estimate of drug-likeness (QED) is 0.345. The van der Waals surface area contributed by atoms with Crippen molar-refractivity contribution in [1.82, 2.24) is 10.2 Å². The van der Waals surface area contributed by atoms with Gasteiger partial charge in [0.2, 0.25) is 5.91 Å². The molecule has 0 heterocycles. The molecule has 2 amide bonds. The standard InChI is InChI=1S/C32H36N2O5/c1-32(2,3)19-28(30(37)34(18-17-29(35)36)20-22-11-5-4-6-12-22)33-31(38)39-21-27-25-15-9-7-13-23(25)24-14-8-10-16-26(24)27/h4-16,27-28H,17-21H2,1-3H3,(H,33,38)(H,35,36). The minimum atomic E-state index is -0.988. The maximum absolute atomic E-state index is 13.7. The summed E-state index contributed by atoms with van der Waals surface area (Å²) in [5.41, 5.74) is 5.10. The number of ether oxygens (including phenoxy) is 1. The highest BCUT2D eigenvalue weighted by molar-refractivity contribution is 5.86. The second kappa shape index (κ2) is 12.2. The summed E-state index contributed by atoms with van der Waals surface area (Å²) in [6.45, 7) is 6.40. The minimum absolute atomic E-state index is 0.0378. The number of amides is 2. The maximum Gasteiger partial charge on any atom is 0.407 e. The number of nitrogens with one attached hydrogen (secondary N) is 1. The van der Waals surface area contributed by atoms with E-state index in [1.54, 1.807) is 0 Å². The predicted octanol–water partition coefficient (Wildman–Crippen LogP) is 5.83. The molecular weight excluding hydrogens is 492 g/mol. The van der Waals surface area contributed by atoms with Crippen LogP contribution in [0.15, 0.2) is 78.9 Å². The molecule has 7 nitrogen and oxygen atoms in total. The van der Waals surface area contributed by atoms with Crippen molar-refractivity contribution < 1.29 is 24.2 Å². The molecule has 0 fully saturated rings. The highest BCUT2D eigenvalue weighted by atomic mass is 16.5. The van der Waals surface area contributed by atoms with Gasteiger partial charge in [-0.05, 0) is 39.7 Å². The monoisotopic (exact) mass is 528 g/mol. The van der Waals surface area contributed by atoms with E-state index in [2.05, 4.69) is 29.6 Å². The maximum atomic E-state index is 13.7. The fourth-order valence-electron chi connectivity index (χ4n) is 5.12. The highest BCUT2D eigenvalue weighted by Gasteiger charge is 2.32. The summed E-state index contributed by atoms with van der Waals surface area (Å²) in [6, 6.07) is 24.8. The molecular formula is C32H36N2O5. The van der Waals surface area contributed by atoms with Crippen LogP contribution in [0.25, 0.3) is 11.1 Å². The van der Waals surface area contributed by atoms with Gasteiger partial charge in [-0.25, -0.2) is 4.79 Å². The molecule has 3 aromatic rings. The molecule has 0 saturated heterocycles. The molecule has 0 spiro atoms. The zero-order valence-corrected chi connectivity index (χ0v) is 22.7. The Morgan fingerprint density at radius 1 is 0.897 bits per heavy atom. The summed E-state index contributed by atoms with van der Waals surface area (Å²) in [5, 5.41) is 12.1. The van der Waals surface area contributed by atoms with E-state index in [1.807, 2.05) is 75.4 Å². The normalized spacial score (nSPS) is 13.2. The average Bonchev–Trinajstić information content (AvgIpc) is 3.22. The van der Waals surface area contributed by atoms with Gasteiger partial charge in [0.1, 0.15) is 12.6 Å². The Kier molecular flexibility index (Phi) is 8.69. The summed E-state index contributed by atoms with van der Waals surface area (Å²) in [4.78, 5) is 39.6. The van der Waals surface area contributed by atoms with Crippen molar-refractivity contribution in [2.24, 2.45) is 5.41 Å². The van der Waals surface area contributed by atoms with E-state index in [4.69, 9.17) is 4.74 Å². The van der Waals surface area contributed by atoms with E-state index in [-0.39, 0.29) is 43.4 Å². The lowest BCUT2D eigenvalue weighted by atomic mass is 9.87. The van der Waals surface area contributed by atoms with Crippen molar-refractivity contribution in [2.45, 2.75) is 52.1 Å². The average molecular weight is 529 g/mol. The zero-order chi connectivity index (χ0) is 28.0. The van der Waals surface area contributed by atoms with Gasteiger partial charge in [-0.15, -0.1) is 0 Å². The number of alkyl carbamates (subject to hydrolysis) is 1. The first kappa shape index (κ1) is 27.9. The van der Waals surface area contributed by atoms with Gasteiger partial charge in [0, 0.05) is 19.0 Å². The van der Waals surface area contributed by atoms with Crippen LogP contribution in [0.4, 0.5) is 4.79 Å². The van der Waals surface area contributed by atoms with Crippen LogP contribution in [-0.2, 0) is 20.9 Å². The SMILES string of the molecule is CC(C)(C)CC(NC(=O)OCC1c2ccccc2-c2ccccc21)C(=O)N(CCC(=O)O)Cc1ccccc1. The number of fused-ring (bicyclic) bond motifs is 3. The highest BCUT2D eigenvalue weighted by Crippen LogP contribution is 2.44. The van der Waals surface area contributed by atoms with Crippen LogP contribution < -0.4 is 5.32 Å². The van der Waals surface area contributed by atoms with Crippen molar-refractivity contribution in [1.29, 1.82) is 0 Å². The van der Waals surface area contributed by atoms with E-state index in [1.165, 1.54) is 4.90 Å². The third kappa shape index (κ3) is 7.25. The molecule has 204 valence electrons. The Morgan fingerprint density at radius 2 is 1.46 bits per heavy atom.